The third kappa shape index (κ3) is 4.11. The lowest BCUT2D eigenvalue weighted by atomic mass is 10.1. The molecule has 0 aliphatic heterocycles. The van der Waals surface area contributed by atoms with E-state index in [1.807, 2.05) is 62.4 Å². The van der Waals surface area contributed by atoms with Crippen molar-refractivity contribution in [1.29, 1.82) is 0 Å². The molecule has 0 aliphatic rings. The van der Waals surface area contributed by atoms with Gasteiger partial charge in [-0.15, -0.1) is 0 Å². The first-order valence-corrected chi connectivity index (χ1v) is 6.17. The van der Waals surface area contributed by atoms with Crippen LogP contribution in [-0.4, -0.2) is 5.97 Å². The van der Waals surface area contributed by atoms with Crippen LogP contribution in [0.4, 0.5) is 0 Å². The summed E-state index contributed by atoms with van der Waals surface area (Å²) in [6.45, 7) is 3.95. The highest BCUT2D eigenvalue weighted by Crippen LogP contribution is 2.16. The molecule has 0 aromatic heterocycles. The molecule has 0 saturated heterocycles. The maximum Gasteiger partial charge on any atom is 0.336 e. The van der Waals surface area contributed by atoms with E-state index in [1.54, 1.807) is 6.08 Å². The van der Waals surface area contributed by atoms with Crippen LogP contribution >= 0.6 is 0 Å². The number of ether oxygens (including phenoxy) is 1. The molecule has 0 bridgehead atoms. The summed E-state index contributed by atoms with van der Waals surface area (Å²) in [5.41, 5.74) is 3.13. The molecule has 2 heteroatoms. The van der Waals surface area contributed by atoms with Gasteiger partial charge in [0, 0.05) is 6.08 Å². The molecule has 0 atom stereocenters. The zero-order valence-corrected chi connectivity index (χ0v) is 11.1. The van der Waals surface area contributed by atoms with Crippen molar-refractivity contribution < 1.29 is 9.53 Å². The number of benzene rings is 2. The average Bonchev–Trinajstić information content (AvgIpc) is 2.36. The lowest BCUT2D eigenvalue weighted by Gasteiger charge is -2.04. The highest BCUT2D eigenvalue weighted by molar-refractivity contribution is 5.88. The fraction of sp³-hybridized carbons (Fsp3) is 0.118. The van der Waals surface area contributed by atoms with Gasteiger partial charge in [-0.3, -0.25) is 0 Å². The van der Waals surface area contributed by atoms with Crippen LogP contribution in [0, 0.1) is 13.8 Å². The molecular formula is C17H16O2. The maximum atomic E-state index is 11.7. The van der Waals surface area contributed by atoms with Gasteiger partial charge in [0.1, 0.15) is 5.75 Å². The first kappa shape index (κ1) is 13.1. The quantitative estimate of drug-likeness (QED) is 0.470. The first-order valence-electron chi connectivity index (χ1n) is 6.17. The molecule has 2 aromatic carbocycles. The van der Waals surface area contributed by atoms with E-state index < -0.39 is 0 Å². The van der Waals surface area contributed by atoms with Gasteiger partial charge < -0.3 is 4.74 Å². The molecule has 19 heavy (non-hydrogen) atoms. The van der Waals surface area contributed by atoms with Crippen molar-refractivity contribution in [3.05, 3.63) is 71.3 Å². The standard InChI is InChI=1S/C17H16O2/c1-13-10-14(2)12-16(11-13)19-17(18)9-8-15-6-4-3-5-7-15/h3-12H,1-2H3/b9-8+. The Morgan fingerprint density at radius 1 is 1.00 bits per heavy atom. The predicted molar refractivity (Wildman–Crippen MR) is 77.0 cm³/mol. The summed E-state index contributed by atoms with van der Waals surface area (Å²) < 4.78 is 5.27. The Bertz CT molecular complexity index is 578. The summed E-state index contributed by atoms with van der Waals surface area (Å²) in [6, 6.07) is 15.4. The molecule has 2 rings (SSSR count). The number of hydrogen-bond donors (Lipinski definition) is 0. The Labute approximate surface area is 113 Å². The summed E-state index contributed by atoms with van der Waals surface area (Å²) in [7, 11) is 0. The second-order valence-corrected chi connectivity index (χ2v) is 4.49. The zero-order chi connectivity index (χ0) is 13.7. The van der Waals surface area contributed by atoms with Crippen LogP contribution in [0.2, 0.25) is 0 Å². The van der Waals surface area contributed by atoms with E-state index in [4.69, 9.17) is 4.74 Å². The first-order chi connectivity index (χ1) is 9.13. The van der Waals surface area contributed by atoms with Crippen LogP contribution in [0.1, 0.15) is 16.7 Å². The van der Waals surface area contributed by atoms with Crippen molar-refractivity contribution in [2.75, 3.05) is 0 Å². The minimum atomic E-state index is -0.367. The molecule has 0 amide bonds. The van der Waals surface area contributed by atoms with Gasteiger partial charge in [-0.05, 0) is 48.7 Å². The largest absolute Gasteiger partial charge is 0.423 e. The number of aryl methyl sites for hydroxylation is 2. The number of esters is 1. The molecule has 0 N–H and O–H groups in total. The second kappa shape index (κ2) is 6.01. The van der Waals surface area contributed by atoms with Crippen LogP contribution in [0.15, 0.2) is 54.6 Å². The second-order valence-electron chi connectivity index (χ2n) is 4.49. The van der Waals surface area contributed by atoms with Crippen LogP contribution in [0.3, 0.4) is 0 Å². The Morgan fingerprint density at radius 3 is 2.26 bits per heavy atom. The molecule has 0 saturated carbocycles. The van der Waals surface area contributed by atoms with Crippen LogP contribution in [-0.2, 0) is 4.79 Å². The van der Waals surface area contributed by atoms with E-state index in [9.17, 15) is 4.79 Å². The van der Waals surface area contributed by atoms with E-state index in [-0.39, 0.29) is 5.97 Å². The third-order valence-electron chi connectivity index (χ3n) is 2.63. The van der Waals surface area contributed by atoms with Gasteiger partial charge in [0.05, 0.1) is 0 Å². The highest BCUT2D eigenvalue weighted by Gasteiger charge is 2.01. The monoisotopic (exact) mass is 252 g/mol. The van der Waals surface area contributed by atoms with Gasteiger partial charge >= 0.3 is 5.97 Å². The fourth-order valence-corrected chi connectivity index (χ4v) is 1.87. The van der Waals surface area contributed by atoms with Crippen molar-refractivity contribution >= 4 is 12.0 Å². The Morgan fingerprint density at radius 2 is 1.63 bits per heavy atom. The van der Waals surface area contributed by atoms with Gasteiger partial charge in [0.15, 0.2) is 0 Å². The molecule has 0 spiro atoms. The van der Waals surface area contributed by atoms with E-state index in [0.29, 0.717) is 5.75 Å². The summed E-state index contributed by atoms with van der Waals surface area (Å²) in [5.74, 6) is 0.217. The molecule has 0 heterocycles. The topological polar surface area (TPSA) is 26.3 Å². The molecule has 0 radical (unpaired) electrons. The number of hydrogen-bond acceptors (Lipinski definition) is 2. The smallest absolute Gasteiger partial charge is 0.336 e. The van der Waals surface area contributed by atoms with E-state index in [2.05, 4.69) is 0 Å². The zero-order valence-electron chi connectivity index (χ0n) is 11.1. The molecule has 0 unspecified atom stereocenters. The van der Waals surface area contributed by atoms with Gasteiger partial charge in [0.2, 0.25) is 0 Å². The van der Waals surface area contributed by atoms with Crippen molar-refractivity contribution in [3.8, 4) is 5.75 Å². The SMILES string of the molecule is Cc1cc(C)cc(OC(=O)/C=C/c2ccccc2)c1. The lowest BCUT2D eigenvalue weighted by molar-refractivity contribution is -0.128. The average molecular weight is 252 g/mol. The molecule has 2 nitrogen and oxygen atoms in total. The Kier molecular flexibility index (Phi) is 4.14. The van der Waals surface area contributed by atoms with Crippen molar-refractivity contribution in [2.24, 2.45) is 0 Å². The fourth-order valence-electron chi connectivity index (χ4n) is 1.87. The van der Waals surface area contributed by atoms with Crippen molar-refractivity contribution in [2.45, 2.75) is 13.8 Å². The van der Waals surface area contributed by atoms with Gasteiger partial charge in [-0.25, -0.2) is 4.79 Å². The van der Waals surface area contributed by atoms with Crippen LogP contribution < -0.4 is 4.74 Å². The Hall–Kier alpha value is -2.35. The lowest BCUT2D eigenvalue weighted by Crippen LogP contribution is -2.04. The Balaban J connectivity index is 2.03. The van der Waals surface area contributed by atoms with Crippen LogP contribution in [0.25, 0.3) is 6.08 Å². The molecule has 0 aliphatic carbocycles. The number of carbonyl (C=O) groups is 1. The van der Waals surface area contributed by atoms with Crippen molar-refractivity contribution in [1.82, 2.24) is 0 Å². The van der Waals surface area contributed by atoms with E-state index in [0.717, 1.165) is 16.7 Å². The molecule has 0 fully saturated rings. The highest BCUT2D eigenvalue weighted by atomic mass is 16.5. The number of rotatable bonds is 3. The molecule has 2 aromatic rings. The molecular weight excluding hydrogens is 236 g/mol. The van der Waals surface area contributed by atoms with Gasteiger partial charge in [-0.2, -0.15) is 0 Å². The minimum Gasteiger partial charge on any atom is -0.423 e. The van der Waals surface area contributed by atoms with Gasteiger partial charge in [0.25, 0.3) is 0 Å². The van der Waals surface area contributed by atoms with E-state index in [1.165, 1.54) is 6.08 Å². The summed E-state index contributed by atoms with van der Waals surface area (Å²) in [6.07, 6.45) is 3.18. The molecule has 96 valence electrons. The summed E-state index contributed by atoms with van der Waals surface area (Å²) in [5, 5.41) is 0. The summed E-state index contributed by atoms with van der Waals surface area (Å²) in [4.78, 5) is 11.7. The minimum absolute atomic E-state index is 0.367. The van der Waals surface area contributed by atoms with Gasteiger partial charge in [-0.1, -0.05) is 36.4 Å². The van der Waals surface area contributed by atoms with Crippen molar-refractivity contribution in [3.63, 3.8) is 0 Å². The predicted octanol–water partition coefficient (Wildman–Crippen LogP) is 3.92. The normalized spacial score (nSPS) is 10.6. The maximum absolute atomic E-state index is 11.7. The third-order valence-corrected chi connectivity index (χ3v) is 2.63. The number of carbonyl (C=O) groups excluding carboxylic acids is 1. The van der Waals surface area contributed by atoms with Crippen LogP contribution in [0.5, 0.6) is 5.75 Å². The van der Waals surface area contributed by atoms with E-state index >= 15 is 0 Å². The summed E-state index contributed by atoms with van der Waals surface area (Å²) >= 11 is 0.